The molecule has 2 aromatic carbocycles. The van der Waals surface area contributed by atoms with Crippen LogP contribution in [-0.2, 0) is 10.1 Å². The lowest BCUT2D eigenvalue weighted by Gasteiger charge is -1.99. The normalized spacial score (nSPS) is 11.0. The minimum atomic E-state index is -4.08. The first-order valence-electron chi connectivity index (χ1n) is 6.56. The summed E-state index contributed by atoms with van der Waals surface area (Å²) < 4.78 is 29.8. The molecule has 0 saturated carbocycles. The molecule has 0 bridgehead atoms. The lowest BCUT2D eigenvalue weighted by Crippen LogP contribution is -2.11. The van der Waals surface area contributed by atoms with Crippen LogP contribution in [0.2, 0.25) is 5.02 Å². The molecule has 3 N–H and O–H groups in total. The van der Waals surface area contributed by atoms with Gasteiger partial charge in [0, 0.05) is 9.50 Å². The number of primary amides is 1. The van der Waals surface area contributed by atoms with Crippen molar-refractivity contribution in [2.75, 3.05) is 0 Å². The fourth-order valence-corrected chi connectivity index (χ4v) is 2.80. The van der Waals surface area contributed by atoms with E-state index in [-0.39, 0.29) is 0 Å². The Morgan fingerprint density at radius 3 is 2.38 bits per heavy atom. The van der Waals surface area contributed by atoms with E-state index < -0.39 is 16.0 Å². The topological polar surface area (TPSA) is 97.5 Å². The van der Waals surface area contributed by atoms with Gasteiger partial charge in [0.05, 0.1) is 11.0 Å². The van der Waals surface area contributed by atoms with Crippen LogP contribution in [0.5, 0.6) is 0 Å². The summed E-state index contributed by atoms with van der Waals surface area (Å²) in [6, 6.07) is 12.1. The Morgan fingerprint density at radius 2 is 1.88 bits per heavy atom. The maximum absolute atomic E-state index is 10.7. The lowest BCUT2D eigenvalue weighted by molar-refractivity contribution is 0.0999. The Labute approximate surface area is 154 Å². The molecule has 24 heavy (non-hydrogen) atoms. The third kappa shape index (κ3) is 7.27. The van der Waals surface area contributed by atoms with Crippen molar-refractivity contribution in [3.05, 3.63) is 74.1 Å². The molecule has 0 aliphatic rings. The number of aryl methyl sites for hydroxylation is 1. The maximum Gasteiger partial charge on any atom is 0.287 e. The number of nitrogens with two attached hydrogens (primary N) is 1. The van der Waals surface area contributed by atoms with Crippen LogP contribution in [0.4, 0.5) is 0 Å². The quantitative estimate of drug-likeness (QED) is 0.715. The third-order valence-corrected chi connectivity index (χ3v) is 4.20. The zero-order valence-electron chi connectivity index (χ0n) is 12.6. The van der Waals surface area contributed by atoms with Gasteiger partial charge in [-0.05, 0) is 58.3 Å². The highest BCUT2D eigenvalue weighted by Gasteiger charge is 2.04. The van der Waals surface area contributed by atoms with Gasteiger partial charge in [-0.25, -0.2) is 0 Å². The van der Waals surface area contributed by atoms with E-state index >= 15 is 0 Å². The van der Waals surface area contributed by atoms with Gasteiger partial charge < -0.3 is 5.73 Å². The van der Waals surface area contributed by atoms with Crippen LogP contribution in [0.15, 0.2) is 52.3 Å². The van der Waals surface area contributed by atoms with E-state index in [1.54, 1.807) is 30.3 Å². The molecule has 5 nitrogen and oxygen atoms in total. The third-order valence-electron chi connectivity index (χ3n) is 2.71. The molecular formula is C16H15BrClNO4S. The molecule has 1 amide bonds. The summed E-state index contributed by atoms with van der Waals surface area (Å²) in [4.78, 5) is 10.7. The summed E-state index contributed by atoms with van der Waals surface area (Å²) in [5.41, 5.74) is 7.26. The minimum Gasteiger partial charge on any atom is -0.366 e. The van der Waals surface area contributed by atoms with Crippen molar-refractivity contribution in [1.29, 1.82) is 0 Å². The van der Waals surface area contributed by atoms with Gasteiger partial charge in [0.2, 0.25) is 5.91 Å². The molecule has 0 unspecified atom stereocenters. The van der Waals surface area contributed by atoms with Gasteiger partial charge in [-0.2, -0.15) is 8.42 Å². The molecule has 0 fully saturated rings. The van der Waals surface area contributed by atoms with E-state index in [9.17, 15) is 13.2 Å². The maximum atomic E-state index is 10.7. The van der Waals surface area contributed by atoms with E-state index in [4.69, 9.17) is 21.9 Å². The Hall–Kier alpha value is -1.67. The van der Waals surface area contributed by atoms with Crippen molar-refractivity contribution in [1.82, 2.24) is 0 Å². The predicted octanol–water partition coefficient (Wildman–Crippen LogP) is 4.05. The number of amides is 1. The molecular weight excluding hydrogens is 418 g/mol. The molecule has 0 saturated heterocycles. The summed E-state index contributed by atoms with van der Waals surface area (Å²) in [5, 5.41) is 1.12. The van der Waals surface area contributed by atoms with Gasteiger partial charge in [0.25, 0.3) is 10.1 Å². The second-order valence-corrected chi connectivity index (χ2v) is 7.25. The van der Waals surface area contributed by atoms with Crippen LogP contribution < -0.4 is 5.73 Å². The molecule has 0 aliphatic carbocycles. The largest absolute Gasteiger partial charge is 0.366 e. The lowest BCUT2D eigenvalue weighted by atomic mass is 10.1. The second kappa shape index (κ2) is 8.98. The summed E-state index contributed by atoms with van der Waals surface area (Å²) in [6.45, 7) is 1.95. The molecule has 0 aromatic heterocycles. The fraction of sp³-hybridized carbons (Fsp3) is 0.0625. The Kier molecular flexibility index (Phi) is 7.62. The number of hydrogen-bond donors (Lipinski definition) is 2. The molecule has 128 valence electrons. The van der Waals surface area contributed by atoms with E-state index in [2.05, 4.69) is 15.9 Å². The van der Waals surface area contributed by atoms with Crippen molar-refractivity contribution in [2.45, 2.75) is 6.92 Å². The zero-order chi connectivity index (χ0) is 18.3. The van der Waals surface area contributed by atoms with E-state index in [1.807, 2.05) is 19.1 Å². The van der Waals surface area contributed by atoms with Gasteiger partial charge in [-0.3, -0.25) is 9.35 Å². The smallest absolute Gasteiger partial charge is 0.287 e. The number of rotatable bonds is 3. The first-order chi connectivity index (χ1) is 11.1. The van der Waals surface area contributed by atoms with Crippen LogP contribution in [0.3, 0.4) is 0 Å². The van der Waals surface area contributed by atoms with Gasteiger partial charge in [-0.15, -0.1) is 0 Å². The number of hydrogen-bond acceptors (Lipinski definition) is 3. The zero-order valence-corrected chi connectivity index (χ0v) is 15.8. The van der Waals surface area contributed by atoms with Crippen molar-refractivity contribution >= 4 is 49.6 Å². The number of carbonyl (C=O) groups excluding carboxylic acids is 1. The highest BCUT2D eigenvalue weighted by molar-refractivity contribution is 9.10. The van der Waals surface area contributed by atoms with Crippen LogP contribution in [0.1, 0.15) is 21.5 Å². The van der Waals surface area contributed by atoms with Crippen LogP contribution in [0, 0.1) is 6.92 Å². The second-order valence-electron chi connectivity index (χ2n) is 4.69. The molecule has 2 aromatic rings. The molecule has 0 atom stereocenters. The number of benzene rings is 2. The predicted molar refractivity (Wildman–Crippen MR) is 99.4 cm³/mol. The first kappa shape index (κ1) is 20.4. The summed E-state index contributed by atoms with van der Waals surface area (Å²) in [6.07, 6.45) is 1.23. The highest BCUT2D eigenvalue weighted by atomic mass is 79.9. The van der Waals surface area contributed by atoms with Crippen molar-refractivity contribution < 1.29 is 17.8 Å². The fourth-order valence-electron chi connectivity index (χ4n) is 1.59. The standard InChI is InChI=1S/C8H8BrNO.C8H7ClO3S/c1-5-2-3-6(8(10)11)7(9)4-5;9-8-4-2-1-3-7(8)5-6-13(10,11)12/h2-4H,1H3,(H2,10,11);1-6H,(H,10,11,12)/b;6-5+. The highest BCUT2D eigenvalue weighted by Crippen LogP contribution is 2.17. The van der Waals surface area contributed by atoms with Gasteiger partial charge in [0.15, 0.2) is 0 Å². The van der Waals surface area contributed by atoms with Crippen LogP contribution in [-0.4, -0.2) is 18.9 Å². The van der Waals surface area contributed by atoms with Crippen molar-refractivity contribution in [3.63, 3.8) is 0 Å². The Balaban J connectivity index is 0.000000243. The number of carbonyl (C=O) groups is 1. The van der Waals surface area contributed by atoms with E-state index in [0.717, 1.165) is 10.0 Å². The van der Waals surface area contributed by atoms with Gasteiger partial charge in [-0.1, -0.05) is 35.9 Å². The summed E-state index contributed by atoms with van der Waals surface area (Å²) >= 11 is 8.97. The van der Waals surface area contributed by atoms with E-state index in [1.165, 1.54) is 6.08 Å². The average Bonchev–Trinajstić information content (AvgIpc) is 2.45. The van der Waals surface area contributed by atoms with Gasteiger partial charge in [0.1, 0.15) is 0 Å². The Morgan fingerprint density at radius 1 is 1.25 bits per heavy atom. The molecule has 0 heterocycles. The van der Waals surface area contributed by atoms with Crippen molar-refractivity contribution in [2.24, 2.45) is 5.73 Å². The molecule has 2 rings (SSSR count). The molecule has 0 aliphatic heterocycles. The molecule has 0 radical (unpaired) electrons. The summed E-state index contributed by atoms with van der Waals surface area (Å²) in [7, 11) is -4.08. The van der Waals surface area contributed by atoms with Crippen LogP contribution >= 0.6 is 27.5 Å². The van der Waals surface area contributed by atoms with Crippen LogP contribution in [0.25, 0.3) is 6.08 Å². The SMILES string of the molecule is Cc1ccc(C(N)=O)c(Br)c1.O=S(=O)(O)/C=C/c1ccccc1Cl. The molecule has 0 spiro atoms. The minimum absolute atomic E-state index is 0.406. The number of halogens is 2. The molecule has 8 heteroatoms. The van der Waals surface area contributed by atoms with E-state index in [0.29, 0.717) is 21.6 Å². The Bertz CT molecular complexity index is 866. The monoisotopic (exact) mass is 431 g/mol. The summed E-state index contributed by atoms with van der Waals surface area (Å²) in [5.74, 6) is -0.406. The average molecular weight is 433 g/mol. The van der Waals surface area contributed by atoms with Gasteiger partial charge >= 0.3 is 0 Å². The first-order valence-corrected chi connectivity index (χ1v) is 9.23. The van der Waals surface area contributed by atoms with Crippen molar-refractivity contribution in [3.8, 4) is 0 Å².